The van der Waals surface area contributed by atoms with Gasteiger partial charge in [0.1, 0.15) is 0 Å². The van der Waals surface area contributed by atoms with Gasteiger partial charge in [0, 0.05) is 12.2 Å². The lowest BCUT2D eigenvalue weighted by atomic mass is 10.1. The van der Waals surface area contributed by atoms with Crippen molar-refractivity contribution in [1.29, 1.82) is 0 Å². The Labute approximate surface area is 157 Å². The smallest absolute Gasteiger partial charge is 0.260 e. The van der Waals surface area contributed by atoms with E-state index < -0.39 is 0 Å². The van der Waals surface area contributed by atoms with Gasteiger partial charge in [0.05, 0.1) is 22.9 Å². The van der Waals surface area contributed by atoms with E-state index in [2.05, 4.69) is 6.92 Å². The third-order valence-electron chi connectivity index (χ3n) is 4.78. The van der Waals surface area contributed by atoms with Gasteiger partial charge in [-0.15, -0.1) is 0 Å². The zero-order chi connectivity index (χ0) is 17.9. The minimum absolute atomic E-state index is 0.0118. The van der Waals surface area contributed by atoms with Crippen molar-refractivity contribution in [3.8, 4) is 0 Å². The lowest BCUT2D eigenvalue weighted by Gasteiger charge is -2.23. The van der Waals surface area contributed by atoms with Gasteiger partial charge in [-0.05, 0) is 49.1 Å². The number of anilines is 1. The molecule has 4 rings (SSSR count). The third-order valence-corrected chi connectivity index (χ3v) is 5.84. The van der Waals surface area contributed by atoms with Crippen LogP contribution in [0.15, 0.2) is 48.5 Å². The molecule has 1 aliphatic rings. The van der Waals surface area contributed by atoms with Crippen molar-refractivity contribution in [3.63, 3.8) is 0 Å². The van der Waals surface area contributed by atoms with Crippen LogP contribution in [-0.2, 0) is 11.2 Å². The number of amides is 1. The number of rotatable bonds is 5. The van der Waals surface area contributed by atoms with Gasteiger partial charge in [-0.1, -0.05) is 42.5 Å². The van der Waals surface area contributed by atoms with Crippen molar-refractivity contribution < 1.29 is 9.53 Å². The predicted octanol–water partition coefficient (Wildman–Crippen LogP) is 4.68. The van der Waals surface area contributed by atoms with E-state index in [1.165, 1.54) is 5.56 Å². The highest BCUT2D eigenvalue weighted by Crippen LogP contribution is 2.30. The van der Waals surface area contributed by atoms with Crippen LogP contribution < -0.4 is 4.90 Å². The summed E-state index contributed by atoms with van der Waals surface area (Å²) in [5.41, 5.74) is 2.85. The van der Waals surface area contributed by atoms with Crippen LogP contribution in [0, 0.1) is 0 Å². The summed E-state index contributed by atoms with van der Waals surface area (Å²) in [5, 5.41) is 0.742. The van der Waals surface area contributed by atoms with E-state index in [4.69, 9.17) is 9.72 Å². The van der Waals surface area contributed by atoms with E-state index in [1.807, 2.05) is 48.5 Å². The second kappa shape index (κ2) is 7.56. The quantitative estimate of drug-likeness (QED) is 0.658. The highest BCUT2D eigenvalue weighted by molar-refractivity contribution is 7.22. The van der Waals surface area contributed by atoms with Crippen molar-refractivity contribution in [1.82, 2.24) is 4.98 Å². The fraction of sp³-hybridized carbons (Fsp3) is 0.333. The second-order valence-corrected chi connectivity index (χ2v) is 7.57. The Morgan fingerprint density at radius 3 is 2.73 bits per heavy atom. The number of carbonyl (C=O) groups excluding carboxylic acids is 1. The number of hydrogen-bond acceptors (Lipinski definition) is 4. The van der Waals surface area contributed by atoms with Crippen molar-refractivity contribution in [3.05, 3.63) is 59.7 Å². The SMILES string of the molecule is CCc1ccc(C(=O)N(C[C@@H]2CCCO2)c2nc3ccccc3s2)cc1. The first-order valence-electron chi connectivity index (χ1n) is 9.12. The minimum atomic E-state index is -0.0118. The van der Waals surface area contributed by atoms with Crippen LogP contribution in [-0.4, -0.2) is 30.1 Å². The average Bonchev–Trinajstić information content (AvgIpc) is 3.34. The van der Waals surface area contributed by atoms with E-state index in [0.717, 1.165) is 41.2 Å². The van der Waals surface area contributed by atoms with Gasteiger partial charge < -0.3 is 4.74 Å². The molecule has 26 heavy (non-hydrogen) atoms. The van der Waals surface area contributed by atoms with Crippen molar-refractivity contribution in [2.24, 2.45) is 0 Å². The summed E-state index contributed by atoms with van der Waals surface area (Å²) < 4.78 is 6.88. The number of aromatic nitrogens is 1. The van der Waals surface area contributed by atoms with Crippen LogP contribution in [0.25, 0.3) is 10.2 Å². The minimum Gasteiger partial charge on any atom is -0.376 e. The highest BCUT2D eigenvalue weighted by atomic mass is 32.1. The molecule has 1 atom stereocenters. The molecule has 2 aromatic carbocycles. The summed E-state index contributed by atoms with van der Waals surface area (Å²) in [6, 6.07) is 15.9. The van der Waals surface area contributed by atoms with Crippen LogP contribution in [0.1, 0.15) is 35.7 Å². The fourth-order valence-electron chi connectivity index (χ4n) is 3.25. The Balaban J connectivity index is 1.67. The zero-order valence-electron chi connectivity index (χ0n) is 14.9. The molecule has 5 heteroatoms. The van der Waals surface area contributed by atoms with E-state index in [9.17, 15) is 4.79 Å². The lowest BCUT2D eigenvalue weighted by molar-refractivity contribution is 0.0917. The molecule has 0 spiro atoms. The molecule has 1 amide bonds. The first-order valence-corrected chi connectivity index (χ1v) is 9.94. The standard InChI is InChI=1S/C21H22N2O2S/c1-2-15-9-11-16(12-10-15)20(24)23(14-17-6-5-13-25-17)21-22-18-7-3-4-8-19(18)26-21/h3-4,7-12,17H,2,5-6,13-14H2,1H3/t17-/m0/s1. The van der Waals surface area contributed by atoms with Crippen LogP contribution in [0.2, 0.25) is 0 Å². The van der Waals surface area contributed by atoms with Crippen LogP contribution in [0.4, 0.5) is 5.13 Å². The molecule has 0 N–H and O–H groups in total. The van der Waals surface area contributed by atoms with Gasteiger partial charge in [-0.3, -0.25) is 9.69 Å². The number of benzene rings is 2. The average molecular weight is 366 g/mol. The largest absolute Gasteiger partial charge is 0.376 e. The molecule has 0 bridgehead atoms. The van der Waals surface area contributed by atoms with E-state index in [1.54, 1.807) is 16.2 Å². The number of fused-ring (bicyclic) bond motifs is 1. The van der Waals surface area contributed by atoms with E-state index in [0.29, 0.717) is 12.1 Å². The molecule has 1 fully saturated rings. The Kier molecular flexibility index (Phi) is 5.00. The van der Waals surface area contributed by atoms with Gasteiger partial charge in [-0.25, -0.2) is 4.98 Å². The first-order chi connectivity index (χ1) is 12.7. The zero-order valence-corrected chi connectivity index (χ0v) is 15.7. The van der Waals surface area contributed by atoms with Gasteiger partial charge >= 0.3 is 0 Å². The second-order valence-electron chi connectivity index (χ2n) is 6.57. The summed E-state index contributed by atoms with van der Waals surface area (Å²) in [5.74, 6) is -0.0118. The Morgan fingerprint density at radius 1 is 1.23 bits per heavy atom. The molecule has 1 saturated heterocycles. The van der Waals surface area contributed by atoms with E-state index >= 15 is 0 Å². The summed E-state index contributed by atoms with van der Waals surface area (Å²) >= 11 is 1.56. The normalized spacial score (nSPS) is 16.9. The monoisotopic (exact) mass is 366 g/mol. The number of nitrogens with zero attached hydrogens (tertiary/aromatic N) is 2. The number of thiazole rings is 1. The number of para-hydroxylation sites is 1. The topological polar surface area (TPSA) is 42.4 Å². The molecule has 1 aromatic heterocycles. The molecular weight excluding hydrogens is 344 g/mol. The molecule has 0 unspecified atom stereocenters. The van der Waals surface area contributed by atoms with Crippen LogP contribution in [0.3, 0.4) is 0 Å². The summed E-state index contributed by atoms with van der Waals surface area (Å²) in [4.78, 5) is 19.7. The van der Waals surface area contributed by atoms with Crippen LogP contribution in [0.5, 0.6) is 0 Å². The maximum atomic E-state index is 13.2. The van der Waals surface area contributed by atoms with Crippen molar-refractivity contribution in [2.75, 3.05) is 18.1 Å². The molecule has 0 aliphatic carbocycles. The third kappa shape index (κ3) is 3.50. The first kappa shape index (κ1) is 17.2. The molecule has 0 radical (unpaired) electrons. The number of aryl methyl sites for hydroxylation is 1. The maximum absolute atomic E-state index is 13.2. The summed E-state index contributed by atoms with van der Waals surface area (Å²) in [6.07, 6.45) is 3.09. The Bertz CT molecular complexity index is 865. The van der Waals surface area contributed by atoms with Gasteiger partial charge in [-0.2, -0.15) is 0 Å². The van der Waals surface area contributed by atoms with Crippen molar-refractivity contribution in [2.45, 2.75) is 32.3 Å². The Morgan fingerprint density at radius 2 is 2.04 bits per heavy atom. The van der Waals surface area contributed by atoms with Gasteiger partial charge in [0.15, 0.2) is 5.13 Å². The molecular formula is C21H22N2O2S. The highest BCUT2D eigenvalue weighted by Gasteiger charge is 2.27. The maximum Gasteiger partial charge on any atom is 0.260 e. The van der Waals surface area contributed by atoms with Crippen molar-refractivity contribution >= 4 is 32.6 Å². The fourth-order valence-corrected chi connectivity index (χ4v) is 4.23. The number of carbonyl (C=O) groups is 1. The van der Waals surface area contributed by atoms with Gasteiger partial charge in [0.2, 0.25) is 0 Å². The predicted molar refractivity (Wildman–Crippen MR) is 106 cm³/mol. The molecule has 4 nitrogen and oxygen atoms in total. The molecule has 1 aliphatic heterocycles. The molecule has 2 heterocycles. The van der Waals surface area contributed by atoms with Crippen LogP contribution >= 0.6 is 11.3 Å². The van der Waals surface area contributed by atoms with E-state index in [-0.39, 0.29) is 12.0 Å². The summed E-state index contributed by atoms with van der Waals surface area (Å²) in [6.45, 7) is 3.44. The molecule has 0 saturated carbocycles. The number of ether oxygens (including phenoxy) is 1. The molecule has 3 aromatic rings. The molecule has 134 valence electrons. The summed E-state index contributed by atoms with van der Waals surface area (Å²) in [7, 11) is 0. The van der Waals surface area contributed by atoms with Gasteiger partial charge in [0.25, 0.3) is 5.91 Å². The number of hydrogen-bond donors (Lipinski definition) is 0. The lowest BCUT2D eigenvalue weighted by Crippen LogP contribution is -2.37. The Hall–Kier alpha value is -2.24.